The van der Waals surface area contributed by atoms with Gasteiger partial charge in [0.25, 0.3) is 0 Å². The summed E-state index contributed by atoms with van der Waals surface area (Å²) in [6.07, 6.45) is 3.16. The first kappa shape index (κ1) is 22.7. The summed E-state index contributed by atoms with van der Waals surface area (Å²) in [4.78, 5) is 7.38. The van der Waals surface area contributed by atoms with Crippen LogP contribution in [0.5, 0.6) is 5.75 Å². The molecule has 34 heavy (non-hydrogen) atoms. The average Bonchev–Trinajstić information content (AvgIpc) is 3.44. The summed E-state index contributed by atoms with van der Waals surface area (Å²) in [5.41, 5.74) is 9.18. The average molecular weight is 461 g/mol. The summed E-state index contributed by atoms with van der Waals surface area (Å²) >= 11 is 0. The van der Waals surface area contributed by atoms with Crippen molar-refractivity contribution < 1.29 is 9.47 Å². The number of methoxy groups -OCH3 is 1. The molecule has 1 aliphatic heterocycles. The predicted molar refractivity (Wildman–Crippen MR) is 133 cm³/mol. The van der Waals surface area contributed by atoms with Gasteiger partial charge in [0.05, 0.1) is 6.61 Å². The van der Waals surface area contributed by atoms with Crippen LogP contribution < -0.4 is 10.5 Å². The molecular weight excluding hydrogens is 428 g/mol. The van der Waals surface area contributed by atoms with Crippen molar-refractivity contribution in [3.8, 4) is 17.3 Å². The van der Waals surface area contributed by atoms with Crippen LogP contribution in [-0.4, -0.2) is 62.9 Å². The lowest BCUT2D eigenvalue weighted by atomic mass is 10.1. The van der Waals surface area contributed by atoms with Crippen molar-refractivity contribution in [3.05, 3.63) is 54.2 Å². The number of benzene rings is 1. The lowest BCUT2D eigenvalue weighted by Crippen LogP contribution is -2.33. The van der Waals surface area contributed by atoms with Crippen LogP contribution in [0.25, 0.3) is 28.1 Å². The third-order valence-electron chi connectivity index (χ3n) is 6.50. The van der Waals surface area contributed by atoms with Crippen molar-refractivity contribution in [3.63, 3.8) is 0 Å². The number of pyridine rings is 2. The Hall–Kier alpha value is -3.07. The van der Waals surface area contributed by atoms with Crippen molar-refractivity contribution in [2.24, 2.45) is 5.73 Å². The zero-order valence-electron chi connectivity index (χ0n) is 20.2. The minimum absolute atomic E-state index is 0.253. The zero-order valence-corrected chi connectivity index (χ0v) is 20.2. The molecule has 2 N–H and O–H groups in total. The molecule has 4 heterocycles. The van der Waals surface area contributed by atoms with Crippen LogP contribution in [0, 0.1) is 0 Å². The highest BCUT2D eigenvalue weighted by molar-refractivity contribution is 5.86. The van der Waals surface area contributed by atoms with E-state index in [4.69, 9.17) is 20.2 Å². The molecule has 0 saturated carbocycles. The lowest BCUT2D eigenvalue weighted by molar-refractivity contribution is 0.0190. The Morgan fingerprint density at radius 3 is 2.76 bits per heavy atom. The van der Waals surface area contributed by atoms with Gasteiger partial charge in [-0.1, -0.05) is 24.3 Å². The van der Waals surface area contributed by atoms with Gasteiger partial charge >= 0.3 is 0 Å². The van der Waals surface area contributed by atoms with E-state index in [0.717, 1.165) is 47.5 Å². The van der Waals surface area contributed by atoms with Gasteiger partial charge in [-0.2, -0.15) is 0 Å². The molecule has 178 valence electrons. The van der Waals surface area contributed by atoms with Gasteiger partial charge in [-0.15, -0.1) is 10.2 Å². The molecule has 0 unspecified atom stereocenters. The van der Waals surface area contributed by atoms with E-state index < -0.39 is 5.60 Å². The number of para-hydroxylation sites is 1. The molecule has 0 amide bonds. The number of nitrogens with zero attached hydrogens (tertiary/aromatic N) is 5. The van der Waals surface area contributed by atoms with Crippen LogP contribution in [0.1, 0.15) is 38.8 Å². The predicted octanol–water partition coefficient (Wildman–Crippen LogP) is 3.84. The van der Waals surface area contributed by atoms with Gasteiger partial charge in [0.2, 0.25) is 0 Å². The first-order chi connectivity index (χ1) is 16.3. The third-order valence-corrected chi connectivity index (χ3v) is 6.50. The Morgan fingerprint density at radius 1 is 1.15 bits per heavy atom. The molecule has 1 saturated heterocycles. The zero-order chi connectivity index (χ0) is 23.9. The molecule has 0 radical (unpaired) electrons. The maximum Gasteiger partial charge on any atom is 0.187 e. The number of fused-ring (bicyclic) bond motifs is 2. The van der Waals surface area contributed by atoms with Gasteiger partial charge < -0.3 is 15.2 Å². The van der Waals surface area contributed by atoms with Crippen molar-refractivity contribution in [2.75, 3.05) is 26.8 Å². The summed E-state index contributed by atoms with van der Waals surface area (Å²) in [6.45, 7) is 8.64. The molecule has 0 bridgehead atoms. The first-order valence-corrected chi connectivity index (χ1v) is 11.8. The maximum atomic E-state index is 6.29. The maximum absolute atomic E-state index is 6.29. The summed E-state index contributed by atoms with van der Waals surface area (Å²) in [5.74, 6) is 1.42. The second-order valence-corrected chi connectivity index (χ2v) is 9.75. The van der Waals surface area contributed by atoms with Crippen LogP contribution in [0.3, 0.4) is 0 Å². The molecule has 4 aromatic rings. The van der Waals surface area contributed by atoms with E-state index in [9.17, 15) is 0 Å². The number of nitrogens with two attached hydrogens (primary N) is 1. The van der Waals surface area contributed by atoms with Gasteiger partial charge in [-0.25, -0.2) is 4.98 Å². The smallest absolute Gasteiger partial charge is 0.187 e. The molecule has 1 aliphatic rings. The second kappa shape index (κ2) is 8.94. The molecular formula is C26H32N6O2. The Kier molecular flexibility index (Phi) is 5.97. The molecule has 0 spiro atoms. The fourth-order valence-electron chi connectivity index (χ4n) is 4.71. The van der Waals surface area contributed by atoms with E-state index in [1.54, 1.807) is 7.11 Å². The highest BCUT2D eigenvalue weighted by Crippen LogP contribution is 2.30. The summed E-state index contributed by atoms with van der Waals surface area (Å²) in [6, 6.07) is 14.6. The van der Waals surface area contributed by atoms with E-state index in [1.807, 2.05) is 54.6 Å². The number of rotatable bonds is 7. The van der Waals surface area contributed by atoms with E-state index >= 15 is 0 Å². The number of likely N-dealkylation sites (tertiary alicyclic amines) is 1. The van der Waals surface area contributed by atoms with Crippen molar-refractivity contribution in [2.45, 2.75) is 44.9 Å². The van der Waals surface area contributed by atoms with Crippen molar-refractivity contribution in [1.29, 1.82) is 0 Å². The summed E-state index contributed by atoms with van der Waals surface area (Å²) in [7, 11) is 1.67. The second-order valence-electron chi connectivity index (χ2n) is 9.75. The Bertz CT molecular complexity index is 1320. The molecule has 8 heteroatoms. The third kappa shape index (κ3) is 4.36. The van der Waals surface area contributed by atoms with E-state index in [-0.39, 0.29) is 12.1 Å². The fraction of sp³-hybridized carbons (Fsp3) is 0.423. The number of hydrogen-bond acceptors (Lipinski definition) is 7. The largest absolute Gasteiger partial charge is 0.483 e. The molecule has 1 fully saturated rings. The summed E-state index contributed by atoms with van der Waals surface area (Å²) < 4.78 is 13.6. The standard InChI is InChI=1S/C26H32N6O2/c1-17(31-13-12-20(27)15-31)19-9-11-23-29-30-25(32(23)14-19)21-10-8-18-6-5-7-22(24(18)28-21)34-26(2,3)16-33-4/h5-11,14,17,20H,12-13,15-16,27H2,1-4H3/t17-,20-/m0/s1. The number of hydrogen-bond donors (Lipinski definition) is 1. The number of ether oxygens (including phenoxy) is 2. The van der Waals surface area contributed by atoms with Gasteiger partial charge in [-0.3, -0.25) is 9.30 Å². The monoisotopic (exact) mass is 460 g/mol. The van der Waals surface area contributed by atoms with Crippen LogP contribution >= 0.6 is 0 Å². The fourth-order valence-corrected chi connectivity index (χ4v) is 4.71. The normalized spacial score (nSPS) is 18.1. The number of aromatic nitrogens is 4. The minimum atomic E-state index is -0.481. The first-order valence-electron chi connectivity index (χ1n) is 11.8. The van der Waals surface area contributed by atoms with Crippen molar-refractivity contribution in [1.82, 2.24) is 24.5 Å². The molecule has 5 rings (SSSR count). The SMILES string of the molecule is COCC(C)(C)Oc1cccc2ccc(-c3nnc4ccc([C@H](C)N5CC[C@H](N)C5)cn34)nc12. The van der Waals surface area contributed by atoms with Gasteiger partial charge in [0.1, 0.15) is 22.6 Å². The Morgan fingerprint density at radius 2 is 2.00 bits per heavy atom. The van der Waals surface area contributed by atoms with Gasteiger partial charge in [0, 0.05) is 43.9 Å². The molecule has 8 nitrogen and oxygen atoms in total. The van der Waals surface area contributed by atoms with Gasteiger partial charge in [-0.05, 0) is 51.0 Å². The highest BCUT2D eigenvalue weighted by Gasteiger charge is 2.25. The Labute approximate surface area is 199 Å². The van der Waals surface area contributed by atoms with Crippen LogP contribution in [0.15, 0.2) is 48.7 Å². The van der Waals surface area contributed by atoms with E-state index in [2.05, 4.69) is 34.3 Å². The molecule has 0 aliphatic carbocycles. The summed E-state index contributed by atoms with van der Waals surface area (Å²) in [5, 5.41) is 9.86. The Balaban J connectivity index is 1.53. The molecule has 2 atom stereocenters. The van der Waals surface area contributed by atoms with Crippen LogP contribution in [-0.2, 0) is 4.74 Å². The van der Waals surface area contributed by atoms with Crippen LogP contribution in [0.2, 0.25) is 0 Å². The minimum Gasteiger partial charge on any atom is -0.483 e. The van der Waals surface area contributed by atoms with E-state index in [1.165, 1.54) is 5.56 Å². The van der Waals surface area contributed by atoms with Crippen LogP contribution in [0.4, 0.5) is 0 Å². The topological polar surface area (TPSA) is 90.8 Å². The lowest BCUT2D eigenvalue weighted by Gasteiger charge is -2.26. The van der Waals surface area contributed by atoms with E-state index in [0.29, 0.717) is 12.4 Å². The highest BCUT2D eigenvalue weighted by atomic mass is 16.5. The van der Waals surface area contributed by atoms with Crippen molar-refractivity contribution >= 4 is 16.6 Å². The van der Waals surface area contributed by atoms with Gasteiger partial charge in [0.15, 0.2) is 11.5 Å². The molecule has 1 aromatic carbocycles. The molecule has 3 aromatic heterocycles. The quantitative estimate of drug-likeness (QED) is 0.448.